The first-order valence-corrected chi connectivity index (χ1v) is 23.5. The van der Waals surface area contributed by atoms with Gasteiger partial charge in [0.15, 0.2) is 0 Å². The van der Waals surface area contributed by atoms with E-state index in [0.29, 0.717) is 47.3 Å². The highest BCUT2D eigenvalue weighted by atomic mass is 15.5. The lowest BCUT2D eigenvalue weighted by Crippen LogP contribution is -2.50. The molecule has 0 atom stereocenters. The molecule has 320 valence electrons. The van der Waals surface area contributed by atoms with Crippen molar-refractivity contribution in [2.75, 3.05) is 45.8 Å². The summed E-state index contributed by atoms with van der Waals surface area (Å²) >= 11 is 0. The molecule has 2 heterocycles. The van der Waals surface area contributed by atoms with Crippen molar-refractivity contribution >= 4 is 22.7 Å². The van der Waals surface area contributed by atoms with Gasteiger partial charge in [-0.2, -0.15) is 0 Å². The molecule has 4 nitrogen and oxygen atoms in total. The Balaban J connectivity index is 1.67. The molecule has 0 saturated carbocycles. The van der Waals surface area contributed by atoms with Crippen molar-refractivity contribution in [3.05, 3.63) is 117 Å². The van der Waals surface area contributed by atoms with E-state index in [2.05, 4.69) is 203 Å². The Labute approximate surface area is 361 Å². The van der Waals surface area contributed by atoms with Crippen LogP contribution < -0.4 is 19.6 Å². The molecule has 0 aliphatic carbocycles. The molecule has 0 bridgehead atoms. The van der Waals surface area contributed by atoms with Crippen molar-refractivity contribution < 1.29 is 0 Å². The molecule has 2 fully saturated rings. The van der Waals surface area contributed by atoms with Crippen LogP contribution >= 0.6 is 0 Å². The van der Waals surface area contributed by atoms with E-state index in [4.69, 9.17) is 0 Å². The van der Waals surface area contributed by atoms with Gasteiger partial charge < -0.3 is 19.6 Å². The van der Waals surface area contributed by atoms with Crippen molar-refractivity contribution in [3.8, 4) is 0 Å². The van der Waals surface area contributed by atoms with Gasteiger partial charge in [0.1, 0.15) is 12.3 Å². The Kier molecular flexibility index (Phi) is 13.9. The van der Waals surface area contributed by atoms with Gasteiger partial charge in [-0.15, -0.1) is 0 Å². The second kappa shape index (κ2) is 18.4. The van der Waals surface area contributed by atoms with E-state index in [1.54, 1.807) is 0 Å². The summed E-state index contributed by atoms with van der Waals surface area (Å²) in [5.41, 5.74) is 17.7. The number of nitrogens with zero attached hydrogens (tertiary/aromatic N) is 4. The van der Waals surface area contributed by atoms with E-state index >= 15 is 0 Å². The van der Waals surface area contributed by atoms with Gasteiger partial charge in [0.25, 0.3) is 0 Å². The van der Waals surface area contributed by atoms with Crippen LogP contribution in [0.15, 0.2) is 72.8 Å². The summed E-state index contributed by atoms with van der Waals surface area (Å²) in [4.78, 5) is 11.5. The van der Waals surface area contributed by atoms with Gasteiger partial charge in [-0.1, -0.05) is 184 Å². The lowest BCUT2D eigenvalue weighted by atomic mass is 9.90. The van der Waals surface area contributed by atoms with Gasteiger partial charge in [0, 0.05) is 55.3 Å². The maximum absolute atomic E-state index is 2.88. The third-order valence-corrected chi connectivity index (χ3v) is 13.5. The van der Waals surface area contributed by atoms with Gasteiger partial charge in [-0.05, 0) is 91.9 Å². The van der Waals surface area contributed by atoms with Crippen LogP contribution in [0.2, 0.25) is 0 Å². The molecule has 0 unspecified atom stereocenters. The molecule has 4 heteroatoms. The van der Waals surface area contributed by atoms with Crippen LogP contribution in [0, 0.1) is 0 Å². The molecular formula is C55H80N4. The predicted molar refractivity (Wildman–Crippen MR) is 260 cm³/mol. The first-order chi connectivity index (χ1) is 28.0. The maximum Gasteiger partial charge on any atom is 0.105 e. The Hall–Kier alpha value is -3.92. The first kappa shape index (κ1) is 44.6. The molecule has 2 aliphatic rings. The highest BCUT2D eigenvalue weighted by Gasteiger charge is 2.44. The third kappa shape index (κ3) is 8.67. The summed E-state index contributed by atoms with van der Waals surface area (Å²) in [5.74, 6) is 3.37. The third-order valence-electron chi connectivity index (χ3n) is 13.5. The normalized spacial score (nSPS) is 15.9. The minimum absolute atomic E-state index is 0.153. The molecule has 0 amide bonds. The number of anilines is 4. The average molecular weight is 797 g/mol. The number of hydrogen-bond donors (Lipinski definition) is 0. The molecule has 0 radical (unpaired) electrons. The lowest BCUT2D eigenvalue weighted by Gasteiger charge is -2.44. The minimum atomic E-state index is 0.153. The van der Waals surface area contributed by atoms with Crippen molar-refractivity contribution in [2.45, 2.75) is 177 Å². The summed E-state index contributed by atoms with van der Waals surface area (Å²) in [6.07, 6.45) is 1.29. The van der Waals surface area contributed by atoms with Crippen molar-refractivity contribution in [1.29, 1.82) is 0 Å². The molecule has 0 aromatic heterocycles. The van der Waals surface area contributed by atoms with Crippen LogP contribution in [-0.2, 0) is 0 Å². The fraction of sp³-hybridized carbons (Fsp3) is 0.564. The van der Waals surface area contributed by atoms with Gasteiger partial charge in [-0.25, -0.2) is 0 Å². The number of benzene rings is 4. The number of hydrogen-bond acceptors (Lipinski definition) is 4. The topological polar surface area (TPSA) is 13.0 Å². The molecule has 4 aromatic carbocycles. The van der Waals surface area contributed by atoms with E-state index in [1.807, 2.05) is 0 Å². The summed E-state index contributed by atoms with van der Waals surface area (Å²) in [6.45, 7) is 42.3. The summed E-state index contributed by atoms with van der Waals surface area (Å²) in [7, 11) is 0. The van der Waals surface area contributed by atoms with Gasteiger partial charge >= 0.3 is 0 Å². The molecule has 6 rings (SSSR count). The highest BCUT2D eigenvalue weighted by Crippen LogP contribution is 2.48. The van der Waals surface area contributed by atoms with E-state index < -0.39 is 0 Å². The smallest absolute Gasteiger partial charge is 0.105 e. The zero-order chi connectivity index (χ0) is 43.0. The molecule has 2 aliphatic heterocycles. The van der Waals surface area contributed by atoms with Gasteiger partial charge in [-0.3, -0.25) is 0 Å². The molecule has 2 saturated heterocycles. The summed E-state index contributed by atoms with van der Waals surface area (Å²) in [5, 5.41) is 0. The maximum atomic E-state index is 2.88. The predicted octanol–water partition coefficient (Wildman–Crippen LogP) is 15.1. The monoisotopic (exact) mass is 797 g/mol. The van der Waals surface area contributed by atoms with E-state index in [1.165, 1.54) is 67.3 Å². The largest absolute Gasteiger partial charge is 0.349 e. The second-order valence-electron chi connectivity index (χ2n) is 20.3. The molecule has 0 spiro atoms. The molecular weight excluding hydrogens is 717 g/mol. The van der Waals surface area contributed by atoms with Crippen LogP contribution in [-0.4, -0.2) is 38.5 Å². The Morgan fingerprint density at radius 1 is 0.305 bits per heavy atom. The van der Waals surface area contributed by atoms with Crippen LogP contribution in [0.25, 0.3) is 0 Å². The van der Waals surface area contributed by atoms with E-state index in [9.17, 15) is 0 Å². The average Bonchev–Trinajstić information content (AvgIpc) is 3.80. The number of para-hydroxylation sites is 4. The zero-order valence-electron chi connectivity index (χ0n) is 40.0. The summed E-state index contributed by atoms with van der Waals surface area (Å²) in [6, 6.07) is 28.6. The minimum Gasteiger partial charge on any atom is -0.349 e. The van der Waals surface area contributed by atoms with Crippen LogP contribution in [0.5, 0.6) is 0 Å². The van der Waals surface area contributed by atoms with Crippen molar-refractivity contribution in [3.63, 3.8) is 0 Å². The second-order valence-corrected chi connectivity index (χ2v) is 20.3. The molecule has 4 aromatic rings. The molecule has 0 N–H and O–H groups in total. The van der Waals surface area contributed by atoms with E-state index in [0.717, 1.165) is 32.6 Å². The number of rotatable bonds is 14. The molecule has 59 heavy (non-hydrogen) atoms. The fourth-order valence-electron chi connectivity index (χ4n) is 10.5. The Morgan fingerprint density at radius 3 is 0.593 bits per heavy atom. The summed E-state index contributed by atoms with van der Waals surface area (Å²) < 4.78 is 0. The Bertz CT molecular complexity index is 1640. The van der Waals surface area contributed by atoms with Crippen LogP contribution in [0.3, 0.4) is 0 Å². The standard InChI is InChI=1S/C55H80N4/c1-34(2)42-21-17-22-43(35(3)4)52(42)56-29-30-57(53-44(36(5)6)23-18-24-45(53)37(7)8)50(56)33-51-58(54-46(38(9)10)25-19-26-47(54)39(11)12)31-32-59(51)55-48(40(13)14)27-20-28-49(55)41(15)16/h17-28,34-41,50-51H,29-33H2,1-16H3. The van der Waals surface area contributed by atoms with Crippen LogP contribution in [0.1, 0.15) is 209 Å². The quantitative estimate of drug-likeness (QED) is 0.126. The van der Waals surface area contributed by atoms with Crippen molar-refractivity contribution in [2.24, 2.45) is 0 Å². The van der Waals surface area contributed by atoms with Gasteiger partial charge in [0.05, 0.1) is 0 Å². The SMILES string of the molecule is CC(C)c1cccc(C(C)C)c1N1CCN(c2c(C(C)C)cccc2C(C)C)C1CC1N(c2c(C(C)C)cccc2C(C)C)CCN1c1c(C(C)C)cccc1C(C)C. The van der Waals surface area contributed by atoms with Crippen molar-refractivity contribution in [1.82, 2.24) is 0 Å². The first-order valence-electron chi connectivity index (χ1n) is 23.5. The van der Waals surface area contributed by atoms with Gasteiger partial charge in [0.2, 0.25) is 0 Å². The highest BCUT2D eigenvalue weighted by molar-refractivity contribution is 5.72. The zero-order valence-corrected chi connectivity index (χ0v) is 40.0. The fourth-order valence-corrected chi connectivity index (χ4v) is 10.5. The Morgan fingerprint density at radius 2 is 0.458 bits per heavy atom. The lowest BCUT2D eigenvalue weighted by molar-refractivity contribution is 0.512. The van der Waals surface area contributed by atoms with Crippen LogP contribution in [0.4, 0.5) is 22.7 Å². The van der Waals surface area contributed by atoms with E-state index in [-0.39, 0.29) is 12.3 Å².